The average Bonchev–Trinajstić information content (AvgIpc) is 2.36. The minimum Gasteiger partial charge on any atom is -0.477 e. The third kappa shape index (κ3) is 2.60. The van der Waals surface area contributed by atoms with Crippen molar-refractivity contribution in [1.82, 2.24) is 0 Å². The molecule has 114 valence electrons. The molecule has 20 heavy (non-hydrogen) atoms. The molecule has 0 spiro atoms. The number of carbonyl (C=O) groups is 2. The summed E-state index contributed by atoms with van der Waals surface area (Å²) in [5.41, 5.74) is -0.0753. The van der Waals surface area contributed by atoms with Crippen molar-refractivity contribution in [2.45, 2.75) is 59.8 Å². The molecule has 0 radical (unpaired) electrons. The zero-order chi connectivity index (χ0) is 15.5. The lowest BCUT2D eigenvalue weighted by atomic mass is 9.55. The lowest BCUT2D eigenvalue weighted by Gasteiger charge is -2.49. The molecule has 0 aromatic heterocycles. The van der Waals surface area contributed by atoms with Crippen molar-refractivity contribution in [1.29, 1.82) is 0 Å². The highest BCUT2D eigenvalue weighted by atomic mass is 16.4. The Kier molecular flexibility index (Phi) is 5.37. The molecule has 2 N–H and O–H groups in total. The van der Waals surface area contributed by atoms with Crippen LogP contribution in [0.2, 0.25) is 0 Å². The SMILES string of the molecule is CCC(=C(C(=O)O)C(=O)O)C1(CC)C(C)CCCC1C. The van der Waals surface area contributed by atoms with Crippen LogP contribution in [0, 0.1) is 17.3 Å². The first-order valence-corrected chi connectivity index (χ1v) is 7.53. The molecular weight excluding hydrogens is 256 g/mol. The highest BCUT2D eigenvalue weighted by molar-refractivity contribution is 6.13. The van der Waals surface area contributed by atoms with Crippen LogP contribution in [-0.2, 0) is 9.59 Å². The van der Waals surface area contributed by atoms with E-state index in [0.717, 1.165) is 25.7 Å². The molecule has 1 aliphatic rings. The third-order valence-electron chi connectivity index (χ3n) is 5.26. The van der Waals surface area contributed by atoms with Crippen molar-refractivity contribution >= 4 is 11.9 Å². The van der Waals surface area contributed by atoms with Gasteiger partial charge >= 0.3 is 11.9 Å². The van der Waals surface area contributed by atoms with Gasteiger partial charge in [0.1, 0.15) is 5.57 Å². The van der Waals surface area contributed by atoms with Gasteiger partial charge in [0.2, 0.25) is 0 Å². The van der Waals surface area contributed by atoms with Crippen LogP contribution in [0.15, 0.2) is 11.1 Å². The lowest BCUT2D eigenvalue weighted by Crippen LogP contribution is -2.42. The van der Waals surface area contributed by atoms with Gasteiger partial charge in [-0.15, -0.1) is 0 Å². The molecule has 0 bridgehead atoms. The molecule has 0 aromatic rings. The minimum atomic E-state index is -1.31. The van der Waals surface area contributed by atoms with Gasteiger partial charge in [0.15, 0.2) is 0 Å². The monoisotopic (exact) mass is 282 g/mol. The number of carboxylic acids is 2. The number of aliphatic carboxylic acids is 2. The van der Waals surface area contributed by atoms with E-state index in [2.05, 4.69) is 20.8 Å². The molecule has 0 aromatic carbocycles. The van der Waals surface area contributed by atoms with Crippen molar-refractivity contribution in [3.63, 3.8) is 0 Å². The Bertz CT molecular complexity index is 396. The zero-order valence-corrected chi connectivity index (χ0v) is 12.9. The summed E-state index contributed by atoms with van der Waals surface area (Å²) in [7, 11) is 0. The number of hydrogen-bond acceptors (Lipinski definition) is 2. The fourth-order valence-electron chi connectivity index (χ4n) is 4.32. The second-order valence-corrected chi connectivity index (χ2v) is 5.94. The summed E-state index contributed by atoms with van der Waals surface area (Å²) in [6.07, 6.45) is 4.48. The molecule has 4 nitrogen and oxygen atoms in total. The number of rotatable bonds is 5. The number of carboxylic acid groups (broad SMARTS) is 2. The van der Waals surface area contributed by atoms with Crippen LogP contribution in [0.3, 0.4) is 0 Å². The Morgan fingerprint density at radius 3 is 1.80 bits per heavy atom. The van der Waals surface area contributed by atoms with Crippen LogP contribution in [0.25, 0.3) is 0 Å². The van der Waals surface area contributed by atoms with Crippen molar-refractivity contribution in [2.24, 2.45) is 17.3 Å². The van der Waals surface area contributed by atoms with Crippen molar-refractivity contribution < 1.29 is 19.8 Å². The molecule has 0 saturated heterocycles. The summed E-state index contributed by atoms with van der Waals surface area (Å²) in [4.78, 5) is 22.8. The summed E-state index contributed by atoms with van der Waals surface area (Å²) in [6.45, 7) is 8.19. The largest absolute Gasteiger partial charge is 0.477 e. The number of allylic oxidation sites excluding steroid dienone is 1. The molecule has 4 heteroatoms. The molecule has 1 rings (SSSR count). The predicted octanol–water partition coefficient (Wildman–Crippen LogP) is 3.71. The second kappa shape index (κ2) is 6.42. The van der Waals surface area contributed by atoms with E-state index >= 15 is 0 Å². The summed E-state index contributed by atoms with van der Waals surface area (Å²) in [5.74, 6) is -1.99. The smallest absolute Gasteiger partial charge is 0.343 e. The van der Waals surface area contributed by atoms with Crippen molar-refractivity contribution in [2.75, 3.05) is 0 Å². The molecule has 2 atom stereocenters. The topological polar surface area (TPSA) is 74.6 Å². The Labute approximate surface area is 120 Å². The maximum absolute atomic E-state index is 11.4. The lowest BCUT2D eigenvalue weighted by molar-refractivity contribution is -0.140. The summed E-state index contributed by atoms with van der Waals surface area (Å²) in [5, 5.41) is 18.6. The fourth-order valence-corrected chi connectivity index (χ4v) is 4.32. The zero-order valence-electron chi connectivity index (χ0n) is 12.9. The van der Waals surface area contributed by atoms with Gasteiger partial charge in [0.25, 0.3) is 0 Å². The number of hydrogen-bond donors (Lipinski definition) is 2. The maximum Gasteiger partial charge on any atom is 0.343 e. The van der Waals surface area contributed by atoms with E-state index in [0.29, 0.717) is 23.8 Å². The summed E-state index contributed by atoms with van der Waals surface area (Å²) < 4.78 is 0. The van der Waals surface area contributed by atoms with Crippen LogP contribution in [0.4, 0.5) is 0 Å². The van der Waals surface area contributed by atoms with Gasteiger partial charge in [0.05, 0.1) is 0 Å². The molecule has 1 saturated carbocycles. The Hall–Kier alpha value is -1.32. The van der Waals surface area contributed by atoms with E-state index in [1.807, 2.05) is 6.92 Å². The van der Waals surface area contributed by atoms with E-state index in [1.165, 1.54) is 0 Å². The fraction of sp³-hybridized carbons (Fsp3) is 0.750. The maximum atomic E-state index is 11.4. The van der Waals surface area contributed by atoms with Gasteiger partial charge in [-0.05, 0) is 48.5 Å². The molecule has 1 aliphatic carbocycles. The molecular formula is C16H26O4. The van der Waals surface area contributed by atoms with E-state index < -0.39 is 17.5 Å². The molecule has 0 heterocycles. The van der Waals surface area contributed by atoms with Gasteiger partial charge in [-0.3, -0.25) is 0 Å². The Morgan fingerprint density at radius 2 is 1.50 bits per heavy atom. The van der Waals surface area contributed by atoms with Crippen LogP contribution in [0.1, 0.15) is 59.8 Å². The van der Waals surface area contributed by atoms with Crippen LogP contribution >= 0.6 is 0 Å². The van der Waals surface area contributed by atoms with Crippen LogP contribution in [0.5, 0.6) is 0 Å². The predicted molar refractivity (Wildman–Crippen MR) is 77.5 cm³/mol. The van der Waals surface area contributed by atoms with Gasteiger partial charge < -0.3 is 10.2 Å². The van der Waals surface area contributed by atoms with E-state index in [-0.39, 0.29) is 5.41 Å². The normalized spacial score (nSPS) is 29.8. The highest BCUT2D eigenvalue weighted by Crippen LogP contribution is 2.54. The first-order chi connectivity index (χ1) is 9.32. The van der Waals surface area contributed by atoms with Crippen LogP contribution < -0.4 is 0 Å². The molecule has 1 fully saturated rings. The molecule has 0 aliphatic heterocycles. The van der Waals surface area contributed by atoms with Gasteiger partial charge in [-0.2, -0.15) is 0 Å². The molecule has 2 unspecified atom stereocenters. The second-order valence-electron chi connectivity index (χ2n) is 5.94. The van der Waals surface area contributed by atoms with Gasteiger partial charge in [0, 0.05) is 0 Å². The van der Waals surface area contributed by atoms with Crippen molar-refractivity contribution in [3.05, 3.63) is 11.1 Å². The van der Waals surface area contributed by atoms with Crippen LogP contribution in [-0.4, -0.2) is 22.2 Å². The molecule has 0 amide bonds. The van der Waals surface area contributed by atoms with Gasteiger partial charge in [-0.1, -0.05) is 34.1 Å². The summed E-state index contributed by atoms with van der Waals surface area (Å²) >= 11 is 0. The Morgan fingerprint density at radius 1 is 1.05 bits per heavy atom. The first-order valence-electron chi connectivity index (χ1n) is 7.53. The standard InChI is InChI=1S/C16H26O4/c1-5-12(13(14(17)18)15(19)20)16(6-2)10(3)8-7-9-11(16)4/h10-11H,5-9H2,1-4H3,(H,17,18)(H,19,20). The summed E-state index contributed by atoms with van der Waals surface area (Å²) in [6, 6.07) is 0. The first kappa shape index (κ1) is 16.7. The van der Waals surface area contributed by atoms with E-state index in [1.54, 1.807) is 0 Å². The Balaban J connectivity index is 3.55. The van der Waals surface area contributed by atoms with Crippen molar-refractivity contribution in [3.8, 4) is 0 Å². The minimum absolute atomic E-state index is 0.293. The third-order valence-corrected chi connectivity index (χ3v) is 5.26. The van der Waals surface area contributed by atoms with Gasteiger partial charge in [-0.25, -0.2) is 9.59 Å². The average molecular weight is 282 g/mol. The van der Waals surface area contributed by atoms with E-state index in [4.69, 9.17) is 0 Å². The van der Waals surface area contributed by atoms with E-state index in [9.17, 15) is 19.8 Å². The quantitative estimate of drug-likeness (QED) is 0.458. The highest BCUT2D eigenvalue weighted by Gasteiger charge is 2.46.